The Hall–Kier alpha value is -2.14. The van der Waals surface area contributed by atoms with Crippen molar-refractivity contribution >= 4 is 28.2 Å². The van der Waals surface area contributed by atoms with Crippen LogP contribution in [0, 0.1) is 5.92 Å². The van der Waals surface area contributed by atoms with Gasteiger partial charge in [0.25, 0.3) is 0 Å². The molecule has 3 rings (SSSR count). The Balaban J connectivity index is 1.84. The highest BCUT2D eigenvalue weighted by molar-refractivity contribution is 7.17. The lowest BCUT2D eigenvalue weighted by molar-refractivity contribution is -0.114. The molecule has 0 bridgehead atoms. The van der Waals surface area contributed by atoms with Gasteiger partial charge in [-0.3, -0.25) is 4.79 Å². The number of benzene rings is 1. The van der Waals surface area contributed by atoms with E-state index in [-0.39, 0.29) is 11.9 Å². The van der Waals surface area contributed by atoms with Crippen LogP contribution >= 0.6 is 11.3 Å². The Morgan fingerprint density at radius 1 is 1.28 bits per heavy atom. The van der Waals surface area contributed by atoms with Gasteiger partial charge in [0, 0.05) is 11.8 Å². The SMILES string of the molecule is CCOC(=O)c1c(NC(C)=O)sc2c1CCC(Cc1ccccc1)C2. The van der Waals surface area contributed by atoms with E-state index in [2.05, 4.69) is 29.6 Å². The van der Waals surface area contributed by atoms with Crippen molar-refractivity contribution in [3.05, 3.63) is 51.9 Å². The molecule has 5 heteroatoms. The van der Waals surface area contributed by atoms with Crippen molar-refractivity contribution in [2.24, 2.45) is 5.92 Å². The fourth-order valence-corrected chi connectivity index (χ4v) is 4.84. The number of hydrogen-bond donors (Lipinski definition) is 1. The maximum Gasteiger partial charge on any atom is 0.341 e. The Morgan fingerprint density at radius 2 is 2.04 bits per heavy atom. The summed E-state index contributed by atoms with van der Waals surface area (Å²) in [6.07, 6.45) is 3.89. The minimum atomic E-state index is -0.328. The van der Waals surface area contributed by atoms with Crippen molar-refractivity contribution in [2.75, 3.05) is 11.9 Å². The van der Waals surface area contributed by atoms with Gasteiger partial charge in [-0.2, -0.15) is 0 Å². The van der Waals surface area contributed by atoms with E-state index < -0.39 is 0 Å². The van der Waals surface area contributed by atoms with Crippen LogP contribution in [0.15, 0.2) is 30.3 Å². The van der Waals surface area contributed by atoms with Crippen molar-refractivity contribution in [3.63, 3.8) is 0 Å². The standard InChI is InChI=1S/C20H23NO3S/c1-3-24-20(23)18-16-10-9-15(11-14-7-5-4-6-8-14)12-17(16)25-19(18)21-13(2)22/h4-8,15H,3,9-12H2,1-2H3,(H,21,22). The minimum Gasteiger partial charge on any atom is -0.462 e. The van der Waals surface area contributed by atoms with E-state index in [1.807, 2.05) is 6.07 Å². The number of esters is 1. The minimum absolute atomic E-state index is 0.162. The molecule has 0 spiro atoms. The van der Waals surface area contributed by atoms with Crippen LogP contribution in [-0.4, -0.2) is 18.5 Å². The van der Waals surface area contributed by atoms with Crippen molar-refractivity contribution in [1.29, 1.82) is 0 Å². The highest BCUT2D eigenvalue weighted by Crippen LogP contribution is 2.40. The fraction of sp³-hybridized carbons (Fsp3) is 0.400. The van der Waals surface area contributed by atoms with Gasteiger partial charge in [-0.15, -0.1) is 11.3 Å². The molecule has 1 heterocycles. The summed E-state index contributed by atoms with van der Waals surface area (Å²) < 4.78 is 5.21. The zero-order valence-corrected chi connectivity index (χ0v) is 15.4. The predicted molar refractivity (Wildman–Crippen MR) is 100 cm³/mol. The number of thiophene rings is 1. The Bertz CT molecular complexity index is 767. The number of carbonyl (C=O) groups excluding carboxylic acids is 2. The van der Waals surface area contributed by atoms with Gasteiger partial charge in [0.05, 0.1) is 12.2 Å². The molecule has 2 aromatic rings. The summed E-state index contributed by atoms with van der Waals surface area (Å²) in [6.45, 7) is 3.59. The van der Waals surface area contributed by atoms with Crippen LogP contribution in [0.1, 0.15) is 46.6 Å². The van der Waals surface area contributed by atoms with Crippen molar-refractivity contribution in [2.45, 2.75) is 39.5 Å². The summed E-state index contributed by atoms with van der Waals surface area (Å²) in [7, 11) is 0. The molecule has 1 aliphatic rings. The average Bonchev–Trinajstić information content (AvgIpc) is 2.92. The van der Waals surface area contributed by atoms with Crippen molar-refractivity contribution < 1.29 is 14.3 Å². The third-order valence-corrected chi connectivity index (χ3v) is 5.67. The Kier molecular flexibility index (Phi) is 5.53. The van der Waals surface area contributed by atoms with Crippen molar-refractivity contribution in [3.8, 4) is 0 Å². The molecule has 132 valence electrons. The largest absolute Gasteiger partial charge is 0.462 e. The van der Waals surface area contributed by atoms with Gasteiger partial charge < -0.3 is 10.1 Å². The number of fused-ring (bicyclic) bond motifs is 1. The van der Waals surface area contributed by atoms with Gasteiger partial charge in [-0.25, -0.2) is 4.79 Å². The number of ether oxygens (including phenoxy) is 1. The molecule has 1 unspecified atom stereocenters. The first-order chi connectivity index (χ1) is 12.1. The maximum absolute atomic E-state index is 12.4. The normalized spacial score (nSPS) is 16.2. The van der Waals surface area contributed by atoms with E-state index in [1.165, 1.54) is 28.7 Å². The lowest BCUT2D eigenvalue weighted by Crippen LogP contribution is -2.18. The quantitative estimate of drug-likeness (QED) is 0.815. The molecule has 0 aliphatic heterocycles. The summed E-state index contributed by atoms with van der Waals surface area (Å²) >= 11 is 1.53. The summed E-state index contributed by atoms with van der Waals surface area (Å²) in [5.41, 5.74) is 2.98. The van der Waals surface area contributed by atoms with Gasteiger partial charge in [0.2, 0.25) is 5.91 Å². The number of amides is 1. The molecule has 25 heavy (non-hydrogen) atoms. The zero-order valence-electron chi connectivity index (χ0n) is 14.6. The van der Waals surface area contributed by atoms with Crippen LogP contribution in [0.25, 0.3) is 0 Å². The van der Waals surface area contributed by atoms with Crippen molar-refractivity contribution in [1.82, 2.24) is 0 Å². The molecule has 0 saturated heterocycles. The molecule has 0 radical (unpaired) electrons. The van der Waals surface area contributed by atoms with Gasteiger partial charge in [-0.1, -0.05) is 30.3 Å². The first-order valence-electron chi connectivity index (χ1n) is 8.71. The van der Waals surface area contributed by atoms with Crippen LogP contribution in [0.3, 0.4) is 0 Å². The smallest absolute Gasteiger partial charge is 0.341 e. The topological polar surface area (TPSA) is 55.4 Å². The number of nitrogens with one attached hydrogen (secondary N) is 1. The molecule has 1 aromatic carbocycles. The lowest BCUT2D eigenvalue weighted by atomic mass is 9.83. The molecule has 0 saturated carbocycles. The molecule has 1 aromatic heterocycles. The number of anilines is 1. The second kappa shape index (κ2) is 7.83. The number of rotatable bonds is 5. The predicted octanol–water partition coefficient (Wildman–Crippen LogP) is 4.23. The van der Waals surface area contributed by atoms with E-state index in [0.29, 0.717) is 23.1 Å². The van der Waals surface area contributed by atoms with E-state index in [9.17, 15) is 9.59 Å². The van der Waals surface area contributed by atoms with E-state index in [4.69, 9.17) is 4.74 Å². The van der Waals surface area contributed by atoms with Crippen LogP contribution in [-0.2, 0) is 28.8 Å². The molecular weight excluding hydrogens is 334 g/mol. The third-order valence-electron chi connectivity index (χ3n) is 4.50. The maximum atomic E-state index is 12.4. The summed E-state index contributed by atoms with van der Waals surface area (Å²) in [5, 5.41) is 3.45. The molecule has 1 amide bonds. The summed E-state index contributed by atoms with van der Waals surface area (Å²) in [6, 6.07) is 10.5. The summed E-state index contributed by atoms with van der Waals surface area (Å²) in [5.74, 6) is 0.0732. The summed E-state index contributed by atoms with van der Waals surface area (Å²) in [4.78, 5) is 25.1. The average molecular weight is 357 g/mol. The molecular formula is C20H23NO3S. The molecule has 1 atom stereocenters. The Morgan fingerprint density at radius 3 is 2.72 bits per heavy atom. The molecule has 1 aliphatic carbocycles. The van der Waals surface area contributed by atoms with Crippen LogP contribution in [0.5, 0.6) is 0 Å². The van der Waals surface area contributed by atoms with E-state index >= 15 is 0 Å². The number of hydrogen-bond acceptors (Lipinski definition) is 4. The highest BCUT2D eigenvalue weighted by Gasteiger charge is 2.30. The lowest BCUT2D eigenvalue weighted by Gasteiger charge is -2.22. The second-order valence-electron chi connectivity index (χ2n) is 6.41. The first kappa shape index (κ1) is 17.7. The van der Waals surface area contributed by atoms with Gasteiger partial charge >= 0.3 is 5.97 Å². The monoisotopic (exact) mass is 357 g/mol. The number of carbonyl (C=O) groups is 2. The Labute approximate surface area is 152 Å². The van der Waals surface area contributed by atoms with Gasteiger partial charge in [0.1, 0.15) is 5.00 Å². The van der Waals surface area contributed by atoms with E-state index in [1.54, 1.807) is 6.92 Å². The van der Waals surface area contributed by atoms with Gasteiger partial charge in [-0.05, 0) is 49.7 Å². The van der Waals surface area contributed by atoms with Crippen LogP contribution < -0.4 is 5.32 Å². The molecule has 0 fully saturated rings. The van der Waals surface area contributed by atoms with Crippen LogP contribution in [0.2, 0.25) is 0 Å². The third kappa shape index (κ3) is 4.10. The molecule has 4 nitrogen and oxygen atoms in total. The zero-order chi connectivity index (χ0) is 17.8. The van der Waals surface area contributed by atoms with Gasteiger partial charge in [0.15, 0.2) is 0 Å². The first-order valence-corrected chi connectivity index (χ1v) is 9.53. The second-order valence-corrected chi connectivity index (χ2v) is 7.51. The van der Waals surface area contributed by atoms with E-state index in [0.717, 1.165) is 31.2 Å². The molecule has 1 N–H and O–H groups in total. The van der Waals surface area contributed by atoms with Crippen LogP contribution in [0.4, 0.5) is 5.00 Å². The fourth-order valence-electron chi connectivity index (χ4n) is 3.44. The highest BCUT2D eigenvalue weighted by atomic mass is 32.1.